The molecule has 9 nitrogen and oxygen atoms in total. The Morgan fingerprint density at radius 2 is 1.81 bits per heavy atom. The van der Waals surface area contributed by atoms with Crippen LogP contribution in [0.2, 0.25) is 0 Å². The van der Waals surface area contributed by atoms with Crippen LogP contribution >= 0.6 is 0 Å². The maximum atomic E-state index is 13.3. The molecular formula is C20H20F3N7O2. The number of fused-ring (bicyclic) bond motifs is 3. The number of aromatic nitrogens is 4. The number of anilines is 2. The fraction of sp³-hybridized carbons (Fsp3) is 0.400. The topological polar surface area (TPSA) is 102 Å². The van der Waals surface area contributed by atoms with E-state index in [1.165, 1.54) is 0 Å². The summed E-state index contributed by atoms with van der Waals surface area (Å²) in [6.45, 7) is 0.932. The first kappa shape index (κ1) is 20.3. The Balaban J connectivity index is 1.34. The smallest absolute Gasteiger partial charge is 0.421 e. The molecule has 1 aromatic carbocycles. The van der Waals surface area contributed by atoms with Crippen molar-refractivity contribution in [1.82, 2.24) is 24.5 Å². The molecule has 0 spiro atoms. The molecule has 3 aromatic rings. The fourth-order valence-electron chi connectivity index (χ4n) is 4.39. The molecule has 0 aliphatic carbocycles. The quantitative estimate of drug-likeness (QED) is 0.659. The van der Waals surface area contributed by atoms with Crippen LogP contribution < -0.4 is 10.6 Å². The van der Waals surface area contributed by atoms with E-state index in [0.717, 1.165) is 22.9 Å². The van der Waals surface area contributed by atoms with Gasteiger partial charge < -0.3 is 15.4 Å². The third kappa shape index (κ3) is 3.55. The monoisotopic (exact) mass is 447 g/mol. The van der Waals surface area contributed by atoms with E-state index in [1.807, 2.05) is 30.3 Å². The largest absolute Gasteiger partial charge is 0.445 e. The molecule has 168 valence electrons. The summed E-state index contributed by atoms with van der Waals surface area (Å²) in [6.07, 6.45) is -2.79. The highest BCUT2D eigenvalue weighted by molar-refractivity contribution is 5.70. The van der Waals surface area contributed by atoms with Gasteiger partial charge in [-0.25, -0.2) is 4.79 Å². The van der Waals surface area contributed by atoms with Gasteiger partial charge in [0.05, 0.1) is 18.3 Å². The first-order chi connectivity index (χ1) is 15.3. The van der Waals surface area contributed by atoms with Crippen molar-refractivity contribution < 1.29 is 22.7 Å². The lowest BCUT2D eigenvalue weighted by Gasteiger charge is -2.40. The molecule has 2 bridgehead atoms. The van der Waals surface area contributed by atoms with Crippen molar-refractivity contribution >= 4 is 23.6 Å². The number of carbonyl (C=O) groups is 1. The molecule has 0 saturated carbocycles. The fourth-order valence-corrected chi connectivity index (χ4v) is 4.39. The molecule has 2 N–H and O–H groups in total. The van der Waals surface area contributed by atoms with Gasteiger partial charge in [0, 0.05) is 13.1 Å². The lowest BCUT2D eigenvalue weighted by molar-refractivity contribution is -0.136. The van der Waals surface area contributed by atoms with Crippen LogP contribution in [0.3, 0.4) is 0 Å². The number of alkyl halides is 3. The van der Waals surface area contributed by atoms with Crippen molar-refractivity contribution in [3.8, 4) is 0 Å². The van der Waals surface area contributed by atoms with Crippen LogP contribution in [0.4, 0.5) is 29.9 Å². The molecule has 12 heteroatoms. The zero-order chi connectivity index (χ0) is 22.5. The van der Waals surface area contributed by atoms with E-state index in [9.17, 15) is 18.0 Å². The first-order valence-electron chi connectivity index (χ1n) is 10.1. The summed E-state index contributed by atoms with van der Waals surface area (Å²) in [6, 6.07) is 9.10. The number of ether oxygens (including phenoxy) is 1. The van der Waals surface area contributed by atoms with E-state index in [4.69, 9.17) is 10.5 Å². The molecule has 0 radical (unpaired) electrons. The Kier molecular flexibility index (Phi) is 4.79. The average Bonchev–Trinajstić information content (AvgIpc) is 3.31. The van der Waals surface area contributed by atoms with Crippen molar-refractivity contribution in [1.29, 1.82) is 0 Å². The lowest BCUT2D eigenvalue weighted by Crippen LogP contribution is -2.56. The summed E-state index contributed by atoms with van der Waals surface area (Å²) in [5.41, 5.74) is 5.38. The maximum absolute atomic E-state index is 13.3. The predicted octanol–water partition coefficient (Wildman–Crippen LogP) is 2.72. The second kappa shape index (κ2) is 7.53. The summed E-state index contributed by atoms with van der Waals surface area (Å²) < 4.78 is 46.3. The maximum Gasteiger partial charge on any atom is 0.421 e. The molecule has 2 aliphatic rings. The van der Waals surface area contributed by atoms with E-state index in [-0.39, 0.29) is 30.6 Å². The van der Waals surface area contributed by atoms with Crippen molar-refractivity contribution in [3.05, 3.63) is 47.7 Å². The van der Waals surface area contributed by atoms with Crippen molar-refractivity contribution in [2.45, 2.75) is 37.7 Å². The van der Waals surface area contributed by atoms with Crippen LogP contribution in [0.25, 0.3) is 5.65 Å². The molecule has 5 rings (SSSR count). The number of amides is 1. The van der Waals surface area contributed by atoms with E-state index in [1.54, 1.807) is 9.80 Å². The molecule has 2 saturated heterocycles. The minimum atomic E-state index is -4.61. The number of nitrogen functional groups attached to an aromatic ring is 1. The number of nitrogens with zero attached hydrogens (tertiary/aromatic N) is 6. The number of rotatable bonds is 3. The van der Waals surface area contributed by atoms with Gasteiger partial charge in [0.1, 0.15) is 12.2 Å². The predicted molar refractivity (Wildman–Crippen MR) is 108 cm³/mol. The highest BCUT2D eigenvalue weighted by Gasteiger charge is 2.44. The Bertz CT molecular complexity index is 1140. The number of halogens is 3. The van der Waals surface area contributed by atoms with Gasteiger partial charge in [0.25, 0.3) is 0 Å². The summed E-state index contributed by atoms with van der Waals surface area (Å²) in [4.78, 5) is 24.5. The normalized spacial score (nSPS) is 20.7. The lowest BCUT2D eigenvalue weighted by atomic mass is 10.2. The van der Waals surface area contributed by atoms with Crippen LogP contribution in [0.1, 0.15) is 24.0 Å². The second-order valence-corrected chi connectivity index (χ2v) is 7.91. The summed E-state index contributed by atoms with van der Waals surface area (Å²) in [7, 11) is 0. The van der Waals surface area contributed by atoms with Crippen LogP contribution in [-0.4, -0.2) is 55.7 Å². The highest BCUT2D eigenvalue weighted by Crippen LogP contribution is 2.35. The first-order valence-corrected chi connectivity index (χ1v) is 10.1. The SMILES string of the molecule is Nc1nc(N2CC3CCC(C2)N3C(=O)OCc2ccccc2)nc2c(C(F)(F)F)cnn12. The molecule has 2 atom stereocenters. The highest BCUT2D eigenvalue weighted by atomic mass is 19.4. The van der Waals surface area contributed by atoms with Crippen molar-refractivity contribution in [3.63, 3.8) is 0 Å². The van der Waals surface area contributed by atoms with Gasteiger partial charge in [-0.2, -0.15) is 32.8 Å². The van der Waals surface area contributed by atoms with Gasteiger partial charge in [0.15, 0.2) is 5.65 Å². The zero-order valence-corrected chi connectivity index (χ0v) is 16.9. The number of hydrogen-bond acceptors (Lipinski definition) is 7. The Labute approximate surface area is 180 Å². The molecule has 1 amide bonds. The van der Waals surface area contributed by atoms with E-state index in [2.05, 4.69) is 15.1 Å². The van der Waals surface area contributed by atoms with Gasteiger partial charge in [0.2, 0.25) is 11.9 Å². The van der Waals surface area contributed by atoms with Crippen LogP contribution in [-0.2, 0) is 17.5 Å². The van der Waals surface area contributed by atoms with Crippen LogP contribution in [0, 0.1) is 0 Å². The Morgan fingerprint density at radius 3 is 2.47 bits per heavy atom. The molecular weight excluding hydrogens is 427 g/mol. The molecule has 32 heavy (non-hydrogen) atoms. The second-order valence-electron chi connectivity index (χ2n) is 7.91. The van der Waals surface area contributed by atoms with E-state index in [0.29, 0.717) is 19.3 Å². The van der Waals surface area contributed by atoms with E-state index < -0.39 is 23.5 Å². The van der Waals surface area contributed by atoms with Crippen LogP contribution in [0.15, 0.2) is 36.5 Å². The van der Waals surface area contributed by atoms with Gasteiger partial charge in [-0.3, -0.25) is 4.90 Å². The zero-order valence-electron chi connectivity index (χ0n) is 16.9. The van der Waals surface area contributed by atoms with E-state index >= 15 is 0 Å². The number of carbonyl (C=O) groups excluding carboxylic acids is 1. The van der Waals surface area contributed by atoms with Gasteiger partial charge in [-0.15, -0.1) is 0 Å². The third-order valence-electron chi connectivity index (χ3n) is 5.87. The van der Waals surface area contributed by atoms with Gasteiger partial charge in [-0.1, -0.05) is 30.3 Å². The number of hydrogen-bond donors (Lipinski definition) is 1. The molecule has 2 aliphatic heterocycles. The minimum absolute atomic E-state index is 0.0928. The molecule has 2 aromatic heterocycles. The summed E-state index contributed by atoms with van der Waals surface area (Å²) in [5.74, 6) is -0.0900. The third-order valence-corrected chi connectivity index (χ3v) is 5.87. The van der Waals surface area contributed by atoms with Crippen molar-refractivity contribution in [2.75, 3.05) is 23.7 Å². The van der Waals surface area contributed by atoms with Crippen LogP contribution in [0.5, 0.6) is 0 Å². The number of nitrogens with two attached hydrogens (primary N) is 1. The van der Waals surface area contributed by atoms with Crippen molar-refractivity contribution in [2.24, 2.45) is 0 Å². The Hall–Kier alpha value is -3.57. The average molecular weight is 447 g/mol. The molecule has 4 heterocycles. The van der Waals surface area contributed by atoms with Gasteiger partial charge >= 0.3 is 12.3 Å². The summed E-state index contributed by atoms with van der Waals surface area (Å²) >= 11 is 0. The number of benzene rings is 1. The molecule has 2 unspecified atom stereocenters. The Morgan fingerprint density at radius 1 is 1.12 bits per heavy atom. The minimum Gasteiger partial charge on any atom is -0.445 e. The molecule has 2 fully saturated rings. The number of piperazine rings is 1. The van der Waals surface area contributed by atoms with Gasteiger partial charge in [-0.05, 0) is 18.4 Å². The summed E-state index contributed by atoms with van der Waals surface area (Å²) in [5, 5.41) is 3.65. The standard InChI is InChI=1S/C20H20F3N7O2/c21-20(22,23)15-8-25-30-16(15)26-18(27-17(30)24)28-9-13-6-7-14(10-28)29(13)19(31)32-11-12-4-2-1-3-5-12/h1-5,8,13-14H,6-7,9-11H2,(H2,24,26,27).